The number of aromatic nitrogens is 5. The summed E-state index contributed by atoms with van der Waals surface area (Å²) in [5.74, 6) is -6.25. The lowest BCUT2D eigenvalue weighted by Crippen LogP contribution is -2.48. The van der Waals surface area contributed by atoms with Gasteiger partial charge in [0, 0.05) is 11.6 Å². The van der Waals surface area contributed by atoms with Gasteiger partial charge in [0.25, 0.3) is 0 Å². The Morgan fingerprint density at radius 2 is 1.79 bits per heavy atom. The Morgan fingerprint density at radius 1 is 1.00 bits per heavy atom. The molecule has 170 valence electrons. The highest BCUT2D eigenvalue weighted by Gasteiger charge is 2.58. The van der Waals surface area contributed by atoms with Crippen LogP contribution >= 0.6 is 0 Å². The van der Waals surface area contributed by atoms with Gasteiger partial charge >= 0.3 is 5.92 Å². The molecule has 0 fully saturated rings. The molecule has 0 radical (unpaired) electrons. The van der Waals surface area contributed by atoms with E-state index in [0.717, 1.165) is 41.0 Å². The Kier molecular flexibility index (Phi) is 6.05. The van der Waals surface area contributed by atoms with Crippen LogP contribution in [0.5, 0.6) is 5.75 Å². The first-order valence-corrected chi connectivity index (χ1v) is 9.69. The number of tetrazole rings is 1. The van der Waals surface area contributed by atoms with E-state index in [1.807, 2.05) is 30.3 Å². The molecular weight excluding hydrogens is 442 g/mol. The standard InChI is InChI=1S/C22H17F4N5O2/c23-16-6-8-18(19(24)10-16)21(32,13-31-14-28-29-30-31)22(25,26)20-9-7-17(11-27-20)33-12-15-4-2-1-3-5-15/h1-11,14,32H,12-13H2. The van der Waals surface area contributed by atoms with Crippen molar-refractivity contribution in [1.82, 2.24) is 25.2 Å². The van der Waals surface area contributed by atoms with Crippen molar-refractivity contribution in [2.45, 2.75) is 24.7 Å². The van der Waals surface area contributed by atoms with Crippen molar-refractivity contribution in [2.24, 2.45) is 0 Å². The predicted molar refractivity (Wildman–Crippen MR) is 107 cm³/mol. The molecule has 11 heteroatoms. The van der Waals surface area contributed by atoms with Gasteiger partial charge in [-0.15, -0.1) is 5.10 Å². The van der Waals surface area contributed by atoms with Gasteiger partial charge in [0.1, 0.15) is 36.0 Å². The fourth-order valence-corrected chi connectivity index (χ4v) is 3.27. The average molecular weight is 459 g/mol. The monoisotopic (exact) mass is 459 g/mol. The first-order chi connectivity index (χ1) is 15.8. The SMILES string of the molecule is OC(Cn1cnnn1)(c1ccc(F)cc1F)C(F)(F)c1ccc(OCc2ccccc2)cn1. The zero-order valence-corrected chi connectivity index (χ0v) is 16.9. The third kappa shape index (κ3) is 4.53. The fourth-order valence-electron chi connectivity index (χ4n) is 3.27. The number of rotatable bonds is 8. The Hall–Kier alpha value is -3.86. The molecule has 1 atom stereocenters. The molecule has 0 bridgehead atoms. The summed E-state index contributed by atoms with van der Waals surface area (Å²) >= 11 is 0. The van der Waals surface area contributed by atoms with Crippen LogP contribution in [-0.4, -0.2) is 30.3 Å². The summed E-state index contributed by atoms with van der Waals surface area (Å²) in [7, 11) is 0. The zero-order valence-electron chi connectivity index (χ0n) is 16.9. The maximum absolute atomic E-state index is 15.6. The first kappa shape index (κ1) is 22.3. The molecule has 0 aliphatic carbocycles. The van der Waals surface area contributed by atoms with Crippen LogP contribution in [0.15, 0.2) is 73.2 Å². The molecule has 33 heavy (non-hydrogen) atoms. The van der Waals surface area contributed by atoms with Crippen LogP contribution in [0.3, 0.4) is 0 Å². The summed E-state index contributed by atoms with van der Waals surface area (Å²) in [6, 6.07) is 13.4. The molecule has 2 aromatic carbocycles. The van der Waals surface area contributed by atoms with Gasteiger partial charge in [0.15, 0.2) is 5.60 Å². The molecule has 0 saturated heterocycles. The highest BCUT2D eigenvalue weighted by atomic mass is 19.3. The van der Waals surface area contributed by atoms with Crippen LogP contribution in [0.2, 0.25) is 0 Å². The van der Waals surface area contributed by atoms with Gasteiger partial charge in [-0.1, -0.05) is 30.3 Å². The molecule has 0 spiro atoms. The summed E-state index contributed by atoms with van der Waals surface area (Å²) in [6.45, 7) is -0.730. The molecule has 4 rings (SSSR count). The predicted octanol–water partition coefficient (Wildman–Crippen LogP) is 3.61. The molecule has 0 aliphatic heterocycles. The topological polar surface area (TPSA) is 86.0 Å². The van der Waals surface area contributed by atoms with E-state index in [0.29, 0.717) is 6.07 Å². The van der Waals surface area contributed by atoms with Crippen molar-refractivity contribution in [3.8, 4) is 5.75 Å². The van der Waals surface area contributed by atoms with Gasteiger partial charge in [-0.05, 0) is 40.3 Å². The molecule has 2 aromatic heterocycles. The first-order valence-electron chi connectivity index (χ1n) is 9.69. The van der Waals surface area contributed by atoms with E-state index in [1.165, 1.54) is 6.07 Å². The van der Waals surface area contributed by atoms with E-state index >= 15 is 8.78 Å². The van der Waals surface area contributed by atoms with Crippen molar-refractivity contribution < 1.29 is 27.4 Å². The lowest BCUT2D eigenvalue weighted by atomic mass is 9.84. The zero-order chi connectivity index (χ0) is 23.5. The molecule has 4 aromatic rings. The molecule has 0 saturated carbocycles. The van der Waals surface area contributed by atoms with E-state index in [1.54, 1.807) is 0 Å². The number of hydrogen-bond acceptors (Lipinski definition) is 6. The number of ether oxygens (including phenoxy) is 1. The van der Waals surface area contributed by atoms with E-state index in [4.69, 9.17) is 4.74 Å². The molecule has 1 N–H and O–H groups in total. The van der Waals surface area contributed by atoms with E-state index < -0.39 is 41.0 Å². The van der Waals surface area contributed by atoms with Crippen molar-refractivity contribution in [3.05, 3.63) is 102 Å². The minimum absolute atomic E-state index is 0.197. The summed E-state index contributed by atoms with van der Waals surface area (Å²) < 4.78 is 65.6. The van der Waals surface area contributed by atoms with Crippen molar-refractivity contribution in [2.75, 3.05) is 0 Å². The van der Waals surface area contributed by atoms with Crippen LogP contribution in [0.25, 0.3) is 0 Å². The lowest BCUT2D eigenvalue weighted by Gasteiger charge is -2.35. The van der Waals surface area contributed by atoms with Gasteiger partial charge in [-0.25, -0.2) is 13.5 Å². The summed E-state index contributed by atoms with van der Waals surface area (Å²) in [6.07, 6.45) is 2.06. The Balaban J connectivity index is 1.65. The van der Waals surface area contributed by atoms with Gasteiger partial charge < -0.3 is 9.84 Å². The number of benzene rings is 2. The van der Waals surface area contributed by atoms with Gasteiger partial charge in [0.05, 0.1) is 12.7 Å². The molecule has 1 unspecified atom stereocenters. The minimum atomic E-state index is -4.13. The van der Waals surface area contributed by atoms with Crippen molar-refractivity contribution in [1.29, 1.82) is 0 Å². The summed E-state index contributed by atoms with van der Waals surface area (Å²) in [4.78, 5) is 3.74. The third-order valence-corrected chi connectivity index (χ3v) is 4.98. The second kappa shape index (κ2) is 8.94. The number of hydrogen-bond donors (Lipinski definition) is 1. The number of aliphatic hydroxyl groups is 1. The maximum Gasteiger partial charge on any atom is 0.323 e. The third-order valence-electron chi connectivity index (χ3n) is 4.98. The second-order valence-electron chi connectivity index (χ2n) is 7.22. The molecule has 2 heterocycles. The average Bonchev–Trinajstić information content (AvgIpc) is 3.31. The largest absolute Gasteiger partial charge is 0.487 e. The van der Waals surface area contributed by atoms with Gasteiger partial charge in [-0.2, -0.15) is 8.78 Å². The number of pyridine rings is 1. The van der Waals surface area contributed by atoms with E-state index in [9.17, 15) is 13.9 Å². The summed E-state index contributed by atoms with van der Waals surface area (Å²) in [5.41, 5.74) is -4.02. The molecular formula is C22H17F4N5O2. The van der Waals surface area contributed by atoms with Crippen LogP contribution in [0, 0.1) is 11.6 Å². The van der Waals surface area contributed by atoms with Crippen LogP contribution in [0.4, 0.5) is 17.6 Å². The highest BCUT2D eigenvalue weighted by molar-refractivity contribution is 5.32. The van der Waals surface area contributed by atoms with Crippen molar-refractivity contribution in [3.63, 3.8) is 0 Å². The second-order valence-corrected chi connectivity index (χ2v) is 7.22. The lowest BCUT2D eigenvalue weighted by molar-refractivity contribution is -0.207. The highest BCUT2D eigenvalue weighted by Crippen LogP contribution is 2.46. The smallest absolute Gasteiger partial charge is 0.323 e. The Morgan fingerprint density at radius 3 is 2.42 bits per heavy atom. The summed E-state index contributed by atoms with van der Waals surface area (Å²) in [5, 5.41) is 21.3. The maximum atomic E-state index is 15.6. The molecule has 7 nitrogen and oxygen atoms in total. The number of alkyl halides is 2. The number of halogens is 4. The Labute approximate surface area is 185 Å². The Bertz CT molecular complexity index is 1210. The number of nitrogens with zero attached hydrogens (tertiary/aromatic N) is 5. The van der Waals surface area contributed by atoms with Crippen molar-refractivity contribution >= 4 is 0 Å². The normalized spacial score (nSPS) is 13.5. The molecule has 0 amide bonds. The van der Waals surface area contributed by atoms with Crippen LogP contribution in [0.1, 0.15) is 16.8 Å². The van der Waals surface area contributed by atoms with Gasteiger partial charge in [-0.3, -0.25) is 4.98 Å². The quantitative estimate of drug-likeness (QED) is 0.405. The minimum Gasteiger partial charge on any atom is -0.487 e. The molecule has 0 aliphatic rings. The van der Waals surface area contributed by atoms with Crippen LogP contribution in [-0.2, 0) is 24.7 Å². The van der Waals surface area contributed by atoms with E-state index in [2.05, 4.69) is 20.5 Å². The van der Waals surface area contributed by atoms with Gasteiger partial charge in [0.2, 0.25) is 0 Å². The fraction of sp³-hybridized carbons (Fsp3) is 0.182. The van der Waals surface area contributed by atoms with Crippen LogP contribution < -0.4 is 4.74 Å². The van der Waals surface area contributed by atoms with E-state index in [-0.39, 0.29) is 12.4 Å².